The molecular weight excluding hydrogens is 386 g/mol. The van der Waals surface area contributed by atoms with E-state index in [4.69, 9.17) is 4.74 Å². The molecule has 1 heterocycles. The average Bonchev–Trinajstić information content (AvgIpc) is 3.51. The third-order valence-electron chi connectivity index (χ3n) is 4.82. The van der Waals surface area contributed by atoms with E-state index in [0.29, 0.717) is 30.0 Å². The number of nitrogens with zero attached hydrogens (tertiary/aromatic N) is 5. The molecule has 150 valence electrons. The first-order valence-electron chi connectivity index (χ1n) is 9.58. The first-order chi connectivity index (χ1) is 14.2. The van der Waals surface area contributed by atoms with Gasteiger partial charge >= 0.3 is 0 Å². The molecule has 3 aromatic rings. The van der Waals surface area contributed by atoms with Gasteiger partial charge in [0.15, 0.2) is 0 Å². The summed E-state index contributed by atoms with van der Waals surface area (Å²) in [6.45, 7) is 1.20. The lowest BCUT2D eigenvalue weighted by Crippen LogP contribution is -2.34. The molecule has 0 bridgehead atoms. The highest BCUT2D eigenvalue weighted by Crippen LogP contribution is 2.30. The highest BCUT2D eigenvalue weighted by atomic mass is 32.2. The topological polar surface area (TPSA) is 73.1 Å². The van der Waals surface area contributed by atoms with Crippen molar-refractivity contribution in [2.75, 3.05) is 12.9 Å². The first-order valence-corrected chi connectivity index (χ1v) is 10.6. The van der Waals surface area contributed by atoms with Crippen molar-refractivity contribution in [3.8, 4) is 5.75 Å². The Morgan fingerprint density at radius 1 is 1.14 bits per heavy atom. The second-order valence-corrected chi connectivity index (χ2v) is 7.94. The van der Waals surface area contributed by atoms with E-state index in [9.17, 15) is 4.79 Å². The summed E-state index contributed by atoms with van der Waals surface area (Å²) >= 11 is 1.39. The summed E-state index contributed by atoms with van der Waals surface area (Å²) in [6.07, 6.45) is 2.14. The SMILES string of the molecule is COc1ccc(CN(C(=O)CSc2nnnn2Cc2ccccc2)C2CC2)cc1. The normalized spacial score (nSPS) is 13.3. The van der Waals surface area contributed by atoms with Crippen molar-refractivity contribution >= 4 is 17.7 Å². The van der Waals surface area contributed by atoms with E-state index in [1.54, 1.807) is 11.8 Å². The molecule has 1 fully saturated rings. The van der Waals surface area contributed by atoms with Gasteiger partial charge in [0, 0.05) is 12.6 Å². The van der Waals surface area contributed by atoms with Crippen LogP contribution in [0, 0.1) is 0 Å². The number of hydrogen-bond acceptors (Lipinski definition) is 6. The molecule has 0 radical (unpaired) electrons. The number of benzene rings is 2. The van der Waals surface area contributed by atoms with Crippen molar-refractivity contribution in [3.05, 3.63) is 65.7 Å². The van der Waals surface area contributed by atoms with Crippen LogP contribution in [0.3, 0.4) is 0 Å². The second-order valence-electron chi connectivity index (χ2n) is 6.99. The molecule has 7 nitrogen and oxygen atoms in total. The van der Waals surface area contributed by atoms with Gasteiger partial charge in [0.25, 0.3) is 0 Å². The molecule has 2 aromatic carbocycles. The van der Waals surface area contributed by atoms with Crippen molar-refractivity contribution in [2.45, 2.75) is 37.1 Å². The standard InChI is InChI=1S/C21H23N5O2S/c1-28-19-11-7-17(8-12-19)13-25(18-9-10-18)20(27)15-29-21-22-23-24-26(21)14-16-5-3-2-4-6-16/h2-8,11-12,18H,9-10,13-15H2,1H3. The van der Waals surface area contributed by atoms with Crippen LogP contribution in [0.15, 0.2) is 59.8 Å². The van der Waals surface area contributed by atoms with Crippen molar-refractivity contribution in [1.29, 1.82) is 0 Å². The van der Waals surface area contributed by atoms with Gasteiger partial charge in [0.05, 0.1) is 19.4 Å². The van der Waals surface area contributed by atoms with Crippen LogP contribution in [0.5, 0.6) is 5.75 Å². The number of methoxy groups -OCH3 is 1. The number of carbonyl (C=O) groups excluding carboxylic acids is 1. The van der Waals surface area contributed by atoms with E-state index < -0.39 is 0 Å². The highest BCUT2D eigenvalue weighted by Gasteiger charge is 2.32. The maximum absolute atomic E-state index is 12.9. The Kier molecular flexibility index (Phi) is 6.09. The van der Waals surface area contributed by atoms with Crippen LogP contribution < -0.4 is 4.74 Å². The molecule has 1 aliphatic carbocycles. The fraction of sp³-hybridized carbons (Fsp3) is 0.333. The van der Waals surface area contributed by atoms with Gasteiger partial charge in [-0.2, -0.15) is 0 Å². The molecule has 0 unspecified atom stereocenters. The number of ether oxygens (including phenoxy) is 1. The molecule has 0 aliphatic heterocycles. The molecule has 0 atom stereocenters. The smallest absolute Gasteiger partial charge is 0.233 e. The van der Waals surface area contributed by atoms with Gasteiger partial charge in [-0.3, -0.25) is 4.79 Å². The Bertz CT molecular complexity index is 941. The number of thioether (sulfide) groups is 1. The van der Waals surface area contributed by atoms with Crippen LogP contribution in [0.4, 0.5) is 0 Å². The van der Waals surface area contributed by atoms with Crippen LogP contribution in [-0.4, -0.2) is 49.9 Å². The van der Waals surface area contributed by atoms with Gasteiger partial charge in [-0.25, -0.2) is 4.68 Å². The molecule has 1 amide bonds. The second kappa shape index (κ2) is 9.09. The molecule has 1 aromatic heterocycles. The van der Waals surface area contributed by atoms with Gasteiger partial charge in [0.1, 0.15) is 5.75 Å². The molecule has 4 rings (SSSR count). The Morgan fingerprint density at radius 3 is 2.59 bits per heavy atom. The van der Waals surface area contributed by atoms with Gasteiger partial charge in [0.2, 0.25) is 11.1 Å². The van der Waals surface area contributed by atoms with Crippen molar-refractivity contribution in [3.63, 3.8) is 0 Å². The van der Waals surface area contributed by atoms with Crippen molar-refractivity contribution < 1.29 is 9.53 Å². The summed E-state index contributed by atoms with van der Waals surface area (Å²) in [5, 5.41) is 12.6. The maximum atomic E-state index is 12.9. The summed E-state index contributed by atoms with van der Waals surface area (Å²) in [6, 6.07) is 18.2. The number of aromatic nitrogens is 4. The molecule has 1 saturated carbocycles. The zero-order chi connectivity index (χ0) is 20.1. The van der Waals surface area contributed by atoms with E-state index in [0.717, 1.165) is 29.7 Å². The lowest BCUT2D eigenvalue weighted by molar-refractivity contribution is -0.129. The Labute approximate surface area is 174 Å². The summed E-state index contributed by atoms with van der Waals surface area (Å²) in [5.74, 6) is 1.25. The number of amides is 1. The van der Waals surface area contributed by atoms with Crippen LogP contribution >= 0.6 is 11.8 Å². The summed E-state index contributed by atoms with van der Waals surface area (Å²) in [5.41, 5.74) is 2.22. The molecular formula is C21H23N5O2S. The van der Waals surface area contributed by atoms with Crippen LogP contribution in [-0.2, 0) is 17.9 Å². The van der Waals surface area contributed by atoms with Crippen molar-refractivity contribution in [2.24, 2.45) is 0 Å². The van der Waals surface area contributed by atoms with Gasteiger partial charge in [-0.1, -0.05) is 54.2 Å². The fourth-order valence-electron chi connectivity index (χ4n) is 3.10. The lowest BCUT2D eigenvalue weighted by atomic mass is 10.2. The number of rotatable bonds is 9. The zero-order valence-corrected chi connectivity index (χ0v) is 17.1. The number of tetrazole rings is 1. The van der Waals surface area contributed by atoms with Gasteiger partial charge in [-0.15, -0.1) is 5.10 Å². The highest BCUT2D eigenvalue weighted by molar-refractivity contribution is 7.99. The zero-order valence-electron chi connectivity index (χ0n) is 16.3. The molecule has 1 aliphatic rings. The van der Waals surface area contributed by atoms with E-state index in [1.807, 2.05) is 59.5 Å². The van der Waals surface area contributed by atoms with Crippen LogP contribution in [0.1, 0.15) is 24.0 Å². The Hall–Kier alpha value is -2.87. The first kappa shape index (κ1) is 19.4. The van der Waals surface area contributed by atoms with Crippen molar-refractivity contribution in [1.82, 2.24) is 25.1 Å². The minimum absolute atomic E-state index is 0.113. The minimum atomic E-state index is 0.113. The van der Waals surface area contributed by atoms with E-state index in [2.05, 4.69) is 15.5 Å². The van der Waals surface area contributed by atoms with E-state index in [-0.39, 0.29) is 5.91 Å². The molecule has 0 N–H and O–H groups in total. The quantitative estimate of drug-likeness (QED) is 0.506. The summed E-state index contributed by atoms with van der Waals surface area (Å²) < 4.78 is 6.94. The number of carbonyl (C=O) groups is 1. The summed E-state index contributed by atoms with van der Waals surface area (Å²) in [7, 11) is 1.65. The minimum Gasteiger partial charge on any atom is -0.497 e. The Balaban J connectivity index is 1.37. The number of hydrogen-bond donors (Lipinski definition) is 0. The molecule has 0 saturated heterocycles. The van der Waals surface area contributed by atoms with Gasteiger partial charge < -0.3 is 9.64 Å². The largest absolute Gasteiger partial charge is 0.497 e. The molecule has 0 spiro atoms. The predicted molar refractivity (Wildman–Crippen MR) is 111 cm³/mol. The third kappa shape index (κ3) is 5.14. The van der Waals surface area contributed by atoms with Gasteiger partial charge in [-0.05, 0) is 46.5 Å². The summed E-state index contributed by atoms with van der Waals surface area (Å²) in [4.78, 5) is 14.9. The fourth-order valence-corrected chi connectivity index (χ4v) is 3.86. The lowest BCUT2D eigenvalue weighted by Gasteiger charge is -2.22. The monoisotopic (exact) mass is 409 g/mol. The average molecular weight is 410 g/mol. The third-order valence-corrected chi connectivity index (χ3v) is 5.76. The Morgan fingerprint density at radius 2 is 1.90 bits per heavy atom. The molecule has 8 heteroatoms. The van der Waals surface area contributed by atoms with Crippen LogP contribution in [0.25, 0.3) is 0 Å². The maximum Gasteiger partial charge on any atom is 0.233 e. The molecule has 29 heavy (non-hydrogen) atoms. The van der Waals surface area contributed by atoms with Crippen LogP contribution in [0.2, 0.25) is 0 Å². The predicted octanol–water partition coefficient (Wildman–Crippen LogP) is 3.01. The van der Waals surface area contributed by atoms with E-state index >= 15 is 0 Å². The van der Waals surface area contributed by atoms with E-state index in [1.165, 1.54) is 11.8 Å².